The number of aliphatic hydroxyl groups is 1. The Labute approximate surface area is 145 Å². The van der Waals surface area contributed by atoms with E-state index in [1.165, 1.54) is 43.5 Å². The monoisotopic (exact) mass is 336 g/mol. The smallest absolute Gasteiger partial charge is 0.0718 e. The van der Waals surface area contributed by atoms with Gasteiger partial charge in [0, 0.05) is 18.0 Å². The Hall–Kier alpha value is -0.420. The fourth-order valence-corrected chi connectivity index (χ4v) is 5.84. The molecule has 0 radical (unpaired) electrons. The molecule has 1 aromatic heterocycles. The van der Waals surface area contributed by atoms with E-state index in [2.05, 4.69) is 41.4 Å². The summed E-state index contributed by atoms with van der Waals surface area (Å²) in [5.74, 6) is 0. The van der Waals surface area contributed by atoms with E-state index in [0.29, 0.717) is 5.41 Å². The van der Waals surface area contributed by atoms with Gasteiger partial charge in [0.1, 0.15) is 0 Å². The van der Waals surface area contributed by atoms with Gasteiger partial charge >= 0.3 is 0 Å². The van der Waals surface area contributed by atoms with E-state index in [1.54, 1.807) is 0 Å². The summed E-state index contributed by atoms with van der Waals surface area (Å²) < 4.78 is 0. The van der Waals surface area contributed by atoms with E-state index >= 15 is 0 Å². The lowest BCUT2D eigenvalue weighted by atomic mass is 9.66. The zero-order valence-corrected chi connectivity index (χ0v) is 16.0. The second-order valence-electron chi connectivity index (χ2n) is 8.68. The number of thiophene rings is 1. The number of hydrogen-bond donors (Lipinski definition) is 1. The molecule has 3 nitrogen and oxygen atoms in total. The van der Waals surface area contributed by atoms with E-state index in [9.17, 15) is 5.11 Å². The fourth-order valence-electron chi connectivity index (χ4n) is 4.77. The Bertz CT molecular complexity index is 510. The quantitative estimate of drug-likeness (QED) is 0.911. The molecule has 1 spiro atoms. The highest BCUT2D eigenvalue weighted by Gasteiger charge is 2.48. The zero-order chi connectivity index (χ0) is 16.7. The highest BCUT2D eigenvalue weighted by molar-refractivity contribution is 7.10. The molecule has 0 atom stereocenters. The maximum Gasteiger partial charge on any atom is 0.0718 e. The van der Waals surface area contributed by atoms with Crippen molar-refractivity contribution in [3.05, 3.63) is 22.4 Å². The molecule has 130 valence electrons. The first-order chi connectivity index (χ1) is 10.7. The Morgan fingerprint density at radius 3 is 2.43 bits per heavy atom. The van der Waals surface area contributed by atoms with Crippen LogP contribution in [-0.4, -0.2) is 54.2 Å². The van der Waals surface area contributed by atoms with Gasteiger partial charge in [0.2, 0.25) is 0 Å². The normalized spacial score (nSPS) is 33.0. The van der Waals surface area contributed by atoms with Crippen LogP contribution in [0.1, 0.15) is 50.8 Å². The molecule has 2 fully saturated rings. The van der Waals surface area contributed by atoms with Crippen LogP contribution in [0.2, 0.25) is 0 Å². The van der Waals surface area contributed by atoms with Crippen LogP contribution in [0, 0.1) is 5.41 Å². The number of likely N-dealkylation sites (tertiary alicyclic amines) is 1. The van der Waals surface area contributed by atoms with Gasteiger partial charge in [-0.25, -0.2) is 0 Å². The van der Waals surface area contributed by atoms with Crippen LogP contribution in [0.4, 0.5) is 0 Å². The molecule has 1 saturated carbocycles. The molecule has 1 aliphatic carbocycles. The summed E-state index contributed by atoms with van der Waals surface area (Å²) in [5, 5.41) is 12.3. The summed E-state index contributed by atoms with van der Waals surface area (Å²) in [6, 6.07) is 4.51. The van der Waals surface area contributed by atoms with Gasteiger partial charge in [-0.15, -0.1) is 11.3 Å². The Morgan fingerprint density at radius 1 is 1.22 bits per heavy atom. The molecular weight excluding hydrogens is 304 g/mol. The first kappa shape index (κ1) is 17.4. The lowest BCUT2D eigenvalue weighted by Crippen LogP contribution is -2.47. The second kappa shape index (κ2) is 6.14. The SMILES string of the molecule is CN(C)C1(c2cccs2)CCC2(CCN(CC(C)(C)O)C2)CC1. The van der Waals surface area contributed by atoms with Crippen LogP contribution in [0.25, 0.3) is 0 Å². The third-order valence-corrected chi connectivity index (χ3v) is 7.16. The highest BCUT2D eigenvalue weighted by atomic mass is 32.1. The minimum atomic E-state index is -0.579. The van der Waals surface area contributed by atoms with Crippen molar-refractivity contribution in [1.29, 1.82) is 0 Å². The van der Waals surface area contributed by atoms with Crippen molar-refractivity contribution < 1.29 is 5.11 Å². The zero-order valence-electron chi connectivity index (χ0n) is 15.1. The molecule has 1 saturated heterocycles. The first-order valence-electron chi connectivity index (χ1n) is 8.91. The van der Waals surface area contributed by atoms with Crippen molar-refractivity contribution in [2.24, 2.45) is 5.41 Å². The number of rotatable bonds is 4. The van der Waals surface area contributed by atoms with Crippen LogP contribution in [0.3, 0.4) is 0 Å². The molecule has 23 heavy (non-hydrogen) atoms. The molecule has 1 aliphatic heterocycles. The minimum absolute atomic E-state index is 0.239. The highest BCUT2D eigenvalue weighted by Crippen LogP contribution is 2.52. The van der Waals surface area contributed by atoms with Crippen molar-refractivity contribution in [3.8, 4) is 0 Å². The molecule has 4 heteroatoms. The Kier molecular flexibility index (Phi) is 4.65. The van der Waals surface area contributed by atoms with Crippen molar-refractivity contribution in [2.45, 2.75) is 57.1 Å². The van der Waals surface area contributed by atoms with Crippen LogP contribution in [0.15, 0.2) is 17.5 Å². The first-order valence-corrected chi connectivity index (χ1v) is 9.79. The molecule has 3 rings (SSSR count). The maximum atomic E-state index is 10.1. The number of nitrogens with zero attached hydrogens (tertiary/aromatic N) is 2. The third kappa shape index (κ3) is 3.51. The Morgan fingerprint density at radius 2 is 1.91 bits per heavy atom. The molecule has 2 aliphatic rings. The molecule has 1 aromatic rings. The van der Waals surface area contributed by atoms with Crippen LogP contribution < -0.4 is 0 Å². The largest absolute Gasteiger partial charge is 0.389 e. The number of β-amino-alcohol motifs (C(OH)–C–C–N with tert-alkyl or cyclic N) is 1. The molecule has 0 amide bonds. The molecule has 0 aromatic carbocycles. The Balaban J connectivity index is 1.68. The predicted octanol–water partition coefficient (Wildman–Crippen LogP) is 3.54. The van der Waals surface area contributed by atoms with Gasteiger partial charge in [0.15, 0.2) is 0 Å². The van der Waals surface area contributed by atoms with Gasteiger partial charge in [-0.3, -0.25) is 9.80 Å². The molecular formula is C19H32N2OS. The minimum Gasteiger partial charge on any atom is -0.389 e. The fraction of sp³-hybridized carbons (Fsp3) is 0.789. The van der Waals surface area contributed by atoms with Crippen molar-refractivity contribution in [2.75, 3.05) is 33.7 Å². The van der Waals surface area contributed by atoms with Crippen molar-refractivity contribution in [3.63, 3.8) is 0 Å². The number of hydrogen-bond acceptors (Lipinski definition) is 4. The molecule has 0 unspecified atom stereocenters. The van der Waals surface area contributed by atoms with Gasteiger partial charge in [0.05, 0.1) is 11.1 Å². The molecule has 0 bridgehead atoms. The lowest BCUT2D eigenvalue weighted by molar-refractivity contribution is 0.0227. The van der Waals surface area contributed by atoms with E-state index < -0.39 is 5.60 Å². The average molecular weight is 337 g/mol. The standard InChI is InChI=1S/C19H32N2OS/c1-17(2,22)14-21-12-11-18(15-21)7-9-19(10-8-18,20(3)4)16-6-5-13-23-16/h5-6,13,22H,7-12,14-15H2,1-4H3. The van der Waals surface area contributed by atoms with Gasteiger partial charge < -0.3 is 5.11 Å². The second-order valence-corrected chi connectivity index (χ2v) is 9.62. The summed E-state index contributed by atoms with van der Waals surface area (Å²) in [6.07, 6.45) is 6.45. The summed E-state index contributed by atoms with van der Waals surface area (Å²) in [5.41, 5.74) is 0.148. The summed E-state index contributed by atoms with van der Waals surface area (Å²) in [6.45, 7) is 6.97. The van der Waals surface area contributed by atoms with E-state index in [0.717, 1.165) is 13.1 Å². The molecule has 2 heterocycles. The summed E-state index contributed by atoms with van der Waals surface area (Å²) in [7, 11) is 4.49. The average Bonchev–Trinajstić information content (AvgIpc) is 3.09. The van der Waals surface area contributed by atoms with Crippen LogP contribution >= 0.6 is 11.3 Å². The van der Waals surface area contributed by atoms with Gasteiger partial charge in [-0.05, 0) is 83.5 Å². The van der Waals surface area contributed by atoms with Crippen molar-refractivity contribution in [1.82, 2.24) is 9.80 Å². The maximum absolute atomic E-state index is 10.1. The third-order valence-electron chi connectivity index (χ3n) is 6.10. The van der Waals surface area contributed by atoms with Gasteiger partial charge in [0.25, 0.3) is 0 Å². The van der Waals surface area contributed by atoms with Gasteiger partial charge in [-0.2, -0.15) is 0 Å². The van der Waals surface area contributed by atoms with Crippen LogP contribution in [0.5, 0.6) is 0 Å². The topological polar surface area (TPSA) is 26.7 Å². The van der Waals surface area contributed by atoms with E-state index in [1.807, 2.05) is 25.2 Å². The summed E-state index contributed by atoms with van der Waals surface area (Å²) in [4.78, 5) is 6.46. The van der Waals surface area contributed by atoms with Gasteiger partial charge in [-0.1, -0.05) is 6.07 Å². The van der Waals surface area contributed by atoms with Crippen LogP contribution in [-0.2, 0) is 5.54 Å². The molecule has 1 N–H and O–H groups in total. The van der Waals surface area contributed by atoms with E-state index in [-0.39, 0.29) is 5.54 Å². The summed E-state index contributed by atoms with van der Waals surface area (Å²) >= 11 is 1.91. The predicted molar refractivity (Wildman–Crippen MR) is 97.9 cm³/mol. The van der Waals surface area contributed by atoms with E-state index in [4.69, 9.17) is 0 Å². The lowest BCUT2D eigenvalue weighted by Gasteiger charge is -2.48. The van der Waals surface area contributed by atoms with Crippen molar-refractivity contribution >= 4 is 11.3 Å².